The molecule has 0 spiro atoms. The third-order valence-corrected chi connectivity index (χ3v) is 3.40. The third-order valence-electron chi connectivity index (χ3n) is 3.40. The van der Waals surface area contributed by atoms with Crippen molar-refractivity contribution in [2.75, 3.05) is 19.6 Å². The lowest BCUT2D eigenvalue weighted by molar-refractivity contribution is 0.0955. The van der Waals surface area contributed by atoms with Crippen molar-refractivity contribution in [3.05, 3.63) is 48.0 Å². The highest BCUT2D eigenvalue weighted by molar-refractivity contribution is 14.0. The molecule has 0 saturated carbocycles. The summed E-state index contributed by atoms with van der Waals surface area (Å²) in [5.41, 5.74) is 0.675. The Balaban J connectivity index is 0.00000264. The number of halogens is 1. The molecule has 0 atom stereocenters. The van der Waals surface area contributed by atoms with E-state index in [2.05, 4.69) is 33.1 Å². The van der Waals surface area contributed by atoms with Gasteiger partial charge in [-0.3, -0.25) is 9.79 Å². The molecule has 0 unspecified atom stereocenters. The van der Waals surface area contributed by atoms with Crippen molar-refractivity contribution < 1.29 is 4.79 Å². The molecule has 0 aliphatic heterocycles. The fourth-order valence-corrected chi connectivity index (χ4v) is 2.28. The molecule has 5 nitrogen and oxygen atoms in total. The summed E-state index contributed by atoms with van der Waals surface area (Å²) in [6.07, 6.45) is 6.44. The molecular formula is C17H25IN4O. The van der Waals surface area contributed by atoms with Crippen LogP contribution in [0.3, 0.4) is 0 Å². The predicted molar refractivity (Wildman–Crippen MR) is 105 cm³/mol. The van der Waals surface area contributed by atoms with E-state index in [1.165, 1.54) is 0 Å². The number of hydrogen-bond donors (Lipinski definition) is 3. The molecule has 3 N–H and O–H groups in total. The topological polar surface area (TPSA) is 65.5 Å². The molecule has 1 aliphatic carbocycles. The van der Waals surface area contributed by atoms with E-state index in [4.69, 9.17) is 0 Å². The Morgan fingerprint density at radius 3 is 2.52 bits per heavy atom. The largest absolute Gasteiger partial charge is 0.357 e. The van der Waals surface area contributed by atoms with E-state index < -0.39 is 0 Å². The number of benzene rings is 1. The summed E-state index contributed by atoms with van der Waals surface area (Å²) in [5, 5.41) is 9.50. The number of carbonyl (C=O) groups is 1. The second kappa shape index (κ2) is 11.0. The Morgan fingerprint density at radius 2 is 1.87 bits per heavy atom. The number of aliphatic imine (C=N–C) groups is 1. The number of amides is 1. The van der Waals surface area contributed by atoms with Crippen molar-refractivity contribution >= 4 is 35.8 Å². The first-order valence-electron chi connectivity index (χ1n) is 7.82. The summed E-state index contributed by atoms with van der Waals surface area (Å²) in [4.78, 5) is 16.4. The smallest absolute Gasteiger partial charge is 0.251 e. The van der Waals surface area contributed by atoms with E-state index >= 15 is 0 Å². The average molecular weight is 428 g/mol. The van der Waals surface area contributed by atoms with Gasteiger partial charge in [-0.25, -0.2) is 0 Å². The molecule has 2 rings (SSSR count). The monoisotopic (exact) mass is 428 g/mol. The van der Waals surface area contributed by atoms with E-state index in [9.17, 15) is 4.79 Å². The van der Waals surface area contributed by atoms with Crippen molar-refractivity contribution in [2.45, 2.75) is 25.8 Å². The first kappa shape index (κ1) is 19.5. The first-order chi connectivity index (χ1) is 10.8. The Labute approximate surface area is 155 Å². The molecule has 1 aliphatic rings. The van der Waals surface area contributed by atoms with Crippen LogP contribution in [-0.4, -0.2) is 37.5 Å². The van der Waals surface area contributed by atoms with Gasteiger partial charge in [-0.2, -0.15) is 0 Å². The van der Waals surface area contributed by atoms with E-state index in [1.54, 1.807) is 12.1 Å². The number of rotatable bonds is 6. The maximum absolute atomic E-state index is 11.9. The van der Waals surface area contributed by atoms with Gasteiger partial charge in [0.2, 0.25) is 0 Å². The SMILES string of the molecule is CCNC(=NCCNC(=O)c1ccccc1)NC1CC=CC1.I. The maximum Gasteiger partial charge on any atom is 0.251 e. The molecule has 6 heteroatoms. The molecule has 23 heavy (non-hydrogen) atoms. The van der Waals surface area contributed by atoms with E-state index in [0.717, 1.165) is 25.3 Å². The minimum atomic E-state index is -0.0613. The quantitative estimate of drug-likeness (QED) is 0.214. The van der Waals surface area contributed by atoms with Crippen LogP contribution in [-0.2, 0) is 0 Å². The highest BCUT2D eigenvalue weighted by atomic mass is 127. The predicted octanol–water partition coefficient (Wildman–Crippen LogP) is 2.31. The van der Waals surface area contributed by atoms with Gasteiger partial charge in [0.05, 0.1) is 6.54 Å². The first-order valence-corrected chi connectivity index (χ1v) is 7.82. The van der Waals surface area contributed by atoms with Crippen LogP contribution in [0.5, 0.6) is 0 Å². The van der Waals surface area contributed by atoms with Crippen LogP contribution in [0.25, 0.3) is 0 Å². The number of nitrogens with one attached hydrogen (secondary N) is 3. The van der Waals surface area contributed by atoms with Crippen molar-refractivity contribution in [3.8, 4) is 0 Å². The lowest BCUT2D eigenvalue weighted by Crippen LogP contribution is -2.42. The lowest BCUT2D eigenvalue weighted by Gasteiger charge is -2.16. The molecule has 1 aromatic carbocycles. The lowest BCUT2D eigenvalue weighted by atomic mass is 10.2. The number of nitrogens with zero attached hydrogens (tertiary/aromatic N) is 1. The zero-order chi connectivity index (χ0) is 15.6. The third kappa shape index (κ3) is 7.02. The van der Waals surface area contributed by atoms with Crippen LogP contribution in [0, 0.1) is 0 Å². The second-order valence-corrected chi connectivity index (χ2v) is 5.17. The molecule has 0 radical (unpaired) electrons. The van der Waals surface area contributed by atoms with Crippen LogP contribution in [0.4, 0.5) is 0 Å². The molecule has 1 aromatic rings. The van der Waals surface area contributed by atoms with Crippen molar-refractivity contribution in [3.63, 3.8) is 0 Å². The van der Waals surface area contributed by atoms with Gasteiger partial charge in [0, 0.05) is 24.7 Å². The van der Waals surface area contributed by atoms with Gasteiger partial charge in [0.25, 0.3) is 5.91 Å². The second-order valence-electron chi connectivity index (χ2n) is 5.17. The zero-order valence-corrected chi connectivity index (χ0v) is 15.7. The molecule has 0 aromatic heterocycles. The Morgan fingerprint density at radius 1 is 1.17 bits per heavy atom. The number of guanidine groups is 1. The van der Waals surface area contributed by atoms with Gasteiger partial charge in [-0.15, -0.1) is 24.0 Å². The van der Waals surface area contributed by atoms with E-state index in [0.29, 0.717) is 24.7 Å². The van der Waals surface area contributed by atoms with Gasteiger partial charge in [0.15, 0.2) is 5.96 Å². The summed E-state index contributed by atoms with van der Waals surface area (Å²) in [7, 11) is 0. The molecule has 0 bridgehead atoms. The molecule has 1 amide bonds. The minimum absolute atomic E-state index is 0. The number of hydrogen-bond acceptors (Lipinski definition) is 2. The van der Waals surface area contributed by atoms with Gasteiger partial charge in [-0.1, -0.05) is 30.4 Å². The molecule has 0 fully saturated rings. The summed E-state index contributed by atoms with van der Waals surface area (Å²) in [6, 6.07) is 9.64. The average Bonchev–Trinajstić information content (AvgIpc) is 3.05. The fourth-order valence-electron chi connectivity index (χ4n) is 2.28. The minimum Gasteiger partial charge on any atom is -0.357 e. The van der Waals surface area contributed by atoms with Crippen LogP contribution >= 0.6 is 24.0 Å². The summed E-state index contributed by atoms with van der Waals surface area (Å²) in [6.45, 7) is 3.94. The fraction of sp³-hybridized carbons (Fsp3) is 0.412. The van der Waals surface area contributed by atoms with Crippen molar-refractivity contribution in [1.29, 1.82) is 0 Å². The van der Waals surface area contributed by atoms with Gasteiger partial charge >= 0.3 is 0 Å². The summed E-state index contributed by atoms with van der Waals surface area (Å²) in [5.74, 6) is 0.749. The van der Waals surface area contributed by atoms with Crippen LogP contribution in [0.1, 0.15) is 30.1 Å². The Kier molecular flexibility index (Phi) is 9.35. The van der Waals surface area contributed by atoms with Crippen LogP contribution in [0.2, 0.25) is 0 Å². The maximum atomic E-state index is 11.9. The summed E-state index contributed by atoms with van der Waals surface area (Å²) >= 11 is 0. The van der Waals surface area contributed by atoms with E-state index in [1.807, 2.05) is 25.1 Å². The number of carbonyl (C=O) groups excluding carboxylic acids is 1. The van der Waals surface area contributed by atoms with Crippen LogP contribution in [0.15, 0.2) is 47.5 Å². The Hall–Kier alpha value is -1.57. The molecule has 0 heterocycles. The van der Waals surface area contributed by atoms with Gasteiger partial charge < -0.3 is 16.0 Å². The highest BCUT2D eigenvalue weighted by Crippen LogP contribution is 2.08. The Bertz CT molecular complexity index is 523. The van der Waals surface area contributed by atoms with E-state index in [-0.39, 0.29) is 29.9 Å². The van der Waals surface area contributed by atoms with Gasteiger partial charge in [0.1, 0.15) is 0 Å². The molecule has 126 valence electrons. The normalized spacial score (nSPS) is 14.2. The van der Waals surface area contributed by atoms with Crippen molar-refractivity contribution in [2.24, 2.45) is 4.99 Å². The highest BCUT2D eigenvalue weighted by Gasteiger charge is 2.11. The standard InChI is InChI=1S/C17H24N4O.HI/c1-2-18-17(21-15-10-6-7-11-15)20-13-12-19-16(22)14-8-4-3-5-9-14;/h3-9,15H,2,10-13H2,1H3,(H,19,22)(H2,18,20,21);1H. The molecular weight excluding hydrogens is 403 g/mol. The van der Waals surface area contributed by atoms with Crippen LogP contribution < -0.4 is 16.0 Å². The summed E-state index contributed by atoms with van der Waals surface area (Å²) < 4.78 is 0. The van der Waals surface area contributed by atoms with Gasteiger partial charge in [-0.05, 0) is 31.9 Å². The zero-order valence-electron chi connectivity index (χ0n) is 13.4. The molecule has 0 saturated heterocycles. The van der Waals surface area contributed by atoms with Crippen molar-refractivity contribution in [1.82, 2.24) is 16.0 Å².